The number of para-hydroxylation sites is 2. The second kappa shape index (κ2) is 11.7. The van der Waals surface area contributed by atoms with Gasteiger partial charge in [0.1, 0.15) is 11.5 Å². The number of nitrogens with one attached hydrogen (secondary N) is 2. The summed E-state index contributed by atoms with van der Waals surface area (Å²) in [6.45, 7) is 4.57. The number of anilines is 4. The molecule has 1 amide bonds. The molecule has 6 N–H and O–H groups in total. The number of hydrogen-bond donors (Lipinski definition) is 4. The minimum Gasteiger partial charge on any atom is -0.397 e. The van der Waals surface area contributed by atoms with Gasteiger partial charge in [-0.2, -0.15) is 0 Å². The molecule has 1 fully saturated rings. The second-order valence-corrected chi connectivity index (χ2v) is 11.0. The van der Waals surface area contributed by atoms with Gasteiger partial charge in [0.05, 0.1) is 27.6 Å². The monoisotopic (exact) mass is 575 g/mol. The van der Waals surface area contributed by atoms with Crippen LogP contribution in [0, 0.1) is 0 Å². The van der Waals surface area contributed by atoms with Crippen LogP contribution >= 0.6 is 23.2 Å². The normalized spacial score (nSPS) is 14.6. The van der Waals surface area contributed by atoms with E-state index >= 15 is 0 Å². The van der Waals surface area contributed by atoms with Crippen LogP contribution in [0.2, 0.25) is 10.0 Å². The van der Waals surface area contributed by atoms with Gasteiger partial charge in [-0.3, -0.25) is 4.79 Å². The third kappa shape index (κ3) is 6.14. The maximum Gasteiger partial charge on any atom is 0.255 e. The number of nitrogens with two attached hydrogens (primary N) is 2. The first-order valence-corrected chi connectivity index (χ1v) is 13.8. The van der Waals surface area contributed by atoms with Crippen LogP contribution in [0.5, 0.6) is 0 Å². The lowest BCUT2D eigenvalue weighted by Crippen LogP contribution is -2.51. The van der Waals surface area contributed by atoms with E-state index in [1.54, 1.807) is 24.4 Å². The molecule has 40 heavy (non-hydrogen) atoms. The Kier molecular flexibility index (Phi) is 8.12. The molecule has 0 aliphatic carbocycles. The van der Waals surface area contributed by atoms with Crippen molar-refractivity contribution in [2.75, 3.05) is 34.8 Å². The molecule has 206 valence electrons. The van der Waals surface area contributed by atoms with E-state index in [-0.39, 0.29) is 11.4 Å². The van der Waals surface area contributed by atoms with Gasteiger partial charge in [-0.25, -0.2) is 9.97 Å². The number of benzene rings is 3. The van der Waals surface area contributed by atoms with E-state index < -0.39 is 0 Å². The number of hydrogen-bond acceptors (Lipinski definition) is 7. The molecule has 0 atom stereocenters. The minimum absolute atomic E-state index is 0.0371. The molecular weight excluding hydrogens is 545 g/mol. The van der Waals surface area contributed by atoms with Gasteiger partial charge in [0.25, 0.3) is 5.91 Å². The SMILES string of the molecule is CC1(NCc2ccc(C(=O)Nc3ccccc3N)cc2)CCN(c2cnc(-c3cccc(Cl)c3Cl)c(N)n2)CC1. The van der Waals surface area contributed by atoms with Crippen molar-refractivity contribution in [3.8, 4) is 11.3 Å². The first-order valence-electron chi connectivity index (χ1n) is 13.0. The summed E-state index contributed by atoms with van der Waals surface area (Å²) in [6, 6.07) is 20.2. The molecule has 0 radical (unpaired) electrons. The predicted octanol–water partition coefficient (Wildman–Crippen LogP) is 6.02. The molecule has 10 heteroatoms. The van der Waals surface area contributed by atoms with Gasteiger partial charge < -0.3 is 27.0 Å². The molecule has 4 aromatic rings. The highest BCUT2D eigenvalue weighted by atomic mass is 35.5. The highest BCUT2D eigenvalue weighted by Gasteiger charge is 2.30. The topological polar surface area (TPSA) is 122 Å². The number of piperidine rings is 1. The zero-order valence-electron chi connectivity index (χ0n) is 22.1. The number of amides is 1. The summed E-state index contributed by atoms with van der Waals surface area (Å²) >= 11 is 12.5. The van der Waals surface area contributed by atoms with Crippen LogP contribution in [0.15, 0.2) is 72.9 Å². The maximum atomic E-state index is 12.6. The molecule has 1 aromatic heterocycles. The standard InChI is InChI=1S/C30H31Cl2N7O/c1-30(36-17-19-9-11-20(12-10-19)29(40)37-24-8-3-2-7-23(24)33)13-15-39(16-14-30)25-18-35-27(28(34)38-25)21-5-4-6-22(31)26(21)32/h2-12,18,36H,13-17,33H2,1H3,(H2,34,38)(H,37,40). The molecule has 8 nitrogen and oxygen atoms in total. The summed E-state index contributed by atoms with van der Waals surface area (Å²) in [6.07, 6.45) is 3.59. The van der Waals surface area contributed by atoms with Crippen LogP contribution in [0.3, 0.4) is 0 Å². The highest BCUT2D eigenvalue weighted by Crippen LogP contribution is 2.35. The van der Waals surface area contributed by atoms with Crippen molar-refractivity contribution in [1.82, 2.24) is 15.3 Å². The summed E-state index contributed by atoms with van der Waals surface area (Å²) < 4.78 is 0. The van der Waals surface area contributed by atoms with Crippen molar-refractivity contribution in [2.24, 2.45) is 0 Å². The number of carbonyl (C=O) groups excluding carboxylic acids is 1. The number of nitrogens with zero attached hydrogens (tertiary/aromatic N) is 3. The average molecular weight is 577 g/mol. The van der Waals surface area contributed by atoms with E-state index in [1.165, 1.54) is 0 Å². The largest absolute Gasteiger partial charge is 0.397 e. The molecule has 1 aliphatic heterocycles. The quantitative estimate of drug-likeness (QED) is 0.199. The Morgan fingerprint density at radius 2 is 1.73 bits per heavy atom. The zero-order chi connectivity index (χ0) is 28.3. The Labute approximate surface area is 243 Å². The molecule has 0 saturated carbocycles. The Morgan fingerprint density at radius 3 is 2.42 bits per heavy atom. The summed E-state index contributed by atoms with van der Waals surface area (Å²) in [4.78, 5) is 24.0. The average Bonchev–Trinajstić information content (AvgIpc) is 2.95. The summed E-state index contributed by atoms with van der Waals surface area (Å²) in [5.41, 5.74) is 16.2. The molecule has 0 bridgehead atoms. The van der Waals surface area contributed by atoms with E-state index in [2.05, 4.69) is 32.4 Å². The van der Waals surface area contributed by atoms with Gasteiger partial charge in [0.15, 0.2) is 5.82 Å². The molecule has 2 heterocycles. The Hall–Kier alpha value is -3.85. The second-order valence-electron chi connectivity index (χ2n) is 10.2. The first kappa shape index (κ1) is 27.7. The Balaban J connectivity index is 1.15. The lowest BCUT2D eigenvalue weighted by molar-refractivity contribution is 0.102. The van der Waals surface area contributed by atoms with Crippen molar-refractivity contribution in [2.45, 2.75) is 31.8 Å². The lowest BCUT2D eigenvalue weighted by Gasteiger charge is -2.40. The molecule has 3 aromatic carbocycles. The third-order valence-corrected chi connectivity index (χ3v) is 8.15. The van der Waals surface area contributed by atoms with Crippen LogP contribution < -0.4 is 27.0 Å². The molecule has 1 saturated heterocycles. The summed E-state index contributed by atoms with van der Waals surface area (Å²) in [5, 5.41) is 7.42. The van der Waals surface area contributed by atoms with Gasteiger partial charge in [-0.1, -0.05) is 59.6 Å². The van der Waals surface area contributed by atoms with E-state index in [4.69, 9.17) is 34.7 Å². The van der Waals surface area contributed by atoms with Gasteiger partial charge in [-0.05, 0) is 55.7 Å². The van der Waals surface area contributed by atoms with Gasteiger partial charge >= 0.3 is 0 Å². The molecule has 0 spiro atoms. The fourth-order valence-corrected chi connectivity index (χ4v) is 5.13. The minimum atomic E-state index is -0.191. The number of nitrogen functional groups attached to an aromatic ring is 2. The summed E-state index contributed by atoms with van der Waals surface area (Å²) in [7, 11) is 0. The van der Waals surface area contributed by atoms with Crippen molar-refractivity contribution in [3.05, 3.63) is 94.1 Å². The van der Waals surface area contributed by atoms with Crippen LogP contribution in [0.25, 0.3) is 11.3 Å². The molecular formula is C30H31Cl2N7O. The van der Waals surface area contributed by atoms with Crippen molar-refractivity contribution < 1.29 is 4.79 Å². The molecule has 1 aliphatic rings. The number of halogens is 2. The van der Waals surface area contributed by atoms with E-state index in [0.29, 0.717) is 50.6 Å². The van der Waals surface area contributed by atoms with Crippen molar-refractivity contribution in [1.29, 1.82) is 0 Å². The van der Waals surface area contributed by atoms with Gasteiger partial charge in [-0.15, -0.1) is 0 Å². The maximum absolute atomic E-state index is 12.6. The van der Waals surface area contributed by atoms with Crippen LogP contribution in [0.1, 0.15) is 35.7 Å². The van der Waals surface area contributed by atoms with E-state index in [9.17, 15) is 4.79 Å². The van der Waals surface area contributed by atoms with E-state index in [0.717, 1.165) is 37.3 Å². The van der Waals surface area contributed by atoms with Gasteiger partial charge in [0, 0.05) is 36.3 Å². The van der Waals surface area contributed by atoms with Crippen molar-refractivity contribution in [3.63, 3.8) is 0 Å². The smallest absolute Gasteiger partial charge is 0.255 e. The number of aromatic nitrogens is 2. The zero-order valence-corrected chi connectivity index (χ0v) is 23.6. The number of rotatable bonds is 7. The predicted molar refractivity (Wildman–Crippen MR) is 164 cm³/mol. The van der Waals surface area contributed by atoms with E-state index in [1.807, 2.05) is 48.5 Å². The lowest BCUT2D eigenvalue weighted by atomic mass is 9.89. The number of carbonyl (C=O) groups is 1. The molecule has 5 rings (SSSR count). The first-order chi connectivity index (χ1) is 19.2. The third-order valence-electron chi connectivity index (χ3n) is 7.33. The highest BCUT2D eigenvalue weighted by molar-refractivity contribution is 6.43. The fourth-order valence-electron chi connectivity index (χ4n) is 4.74. The van der Waals surface area contributed by atoms with Crippen molar-refractivity contribution >= 4 is 52.1 Å². The Morgan fingerprint density at radius 1 is 1.00 bits per heavy atom. The fraction of sp³-hybridized carbons (Fsp3) is 0.233. The molecule has 0 unspecified atom stereocenters. The van der Waals surface area contributed by atoms with Crippen LogP contribution in [-0.2, 0) is 6.54 Å². The Bertz CT molecular complexity index is 1520. The van der Waals surface area contributed by atoms with Crippen LogP contribution in [-0.4, -0.2) is 34.5 Å². The summed E-state index contributed by atoms with van der Waals surface area (Å²) in [5.74, 6) is 0.870. The van der Waals surface area contributed by atoms with Gasteiger partial charge in [0.2, 0.25) is 0 Å². The van der Waals surface area contributed by atoms with Crippen LogP contribution in [0.4, 0.5) is 23.0 Å².